The summed E-state index contributed by atoms with van der Waals surface area (Å²) in [6.07, 6.45) is -0.808. The van der Waals surface area contributed by atoms with E-state index in [0.717, 1.165) is 24.1 Å². The lowest BCUT2D eigenvalue weighted by molar-refractivity contribution is -0.906. The van der Waals surface area contributed by atoms with E-state index in [1.165, 1.54) is 0 Å². The third kappa shape index (κ3) is 4.74. The lowest BCUT2D eigenvalue weighted by Crippen LogP contribution is -2.46. The molecule has 0 aliphatic carbocycles. The first-order valence-electron chi connectivity index (χ1n) is 5.23. The Balaban J connectivity index is 3.77. The van der Waals surface area contributed by atoms with Gasteiger partial charge in [0.15, 0.2) is 6.29 Å². The monoisotopic (exact) mass is 202 g/mol. The van der Waals surface area contributed by atoms with Crippen molar-refractivity contribution in [3.63, 3.8) is 0 Å². The fraction of sp³-hybridized carbons (Fsp3) is 0.818. The van der Waals surface area contributed by atoms with Crippen LogP contribution in [0.3, 0.4) is 0 Å². The summed E-state index contributed by atoms with van der Waals surface area (Å²) in [4.78, 5) is 0. The molecule has 0 bridgehead atoms. The molecule has 3 nitrogen and oxygen atoms in total. The minimum Gasteiger partial charge on any atom is -0.364 e. The average molecular weight is 202 g/mol. The molecule has 14 heavy (non-hydrogen) atoms. The molecule has 3 heteroatoms. The van der Waals surface area contributed by atoms with Crippen LogP contribution in [0.15, 0.2) is 12.2 Å². The van der Waals surface area contributed by atoms with Crippen LogP contribution in [0.2, 0.25) is 0 Å². The van der Waals surface area contributed by atoms with Crippen LogP contribution in [-0.2, 0) is 4.74 Å². The smallest absolute Gasteiger partial charge is 0.176 e. The van der Waals surface area contributed by atoms with E-state index in [4.69, 9.17) is 4.74 Å². The summed E-state index contributed by atoms with van der Waals surface area (Å²) in [6.45, 7) is 13.4. The second-order valence-electron chi connectivity index (χ2n) is 4.05. The Morgan fingerprint density at radius 2 is 1.93 bits per heavy atom. The van der Waals surface area contributed by atoms with Gasteiger partial charge in [-0.3, -0.25) is 0 Å². The highest BCUT2D eigenvalue weighted by Crippen LogP contribution is 2.03. The molecular weight excluding hydrogens is 178 g/mol. The zero-order valence-electron chi connectivity index (χ0n) is 9.92. The Morgan fingerprint density at radius 1 is 1.43 bits per heavy atom. The van der Waals surface area contributed by atoms with Crippen molar-refractivity contribution in [3.8, 4) is 0 Å². The highest BCUT2D eigenvalue weighted by Gasteiger charge is 2.16. The van der Waals surface area contributed by atoms with E-state index in [1.807, 2.05) is 0 Å². The van der Waals surface area contributed by atoms with Gasteiger partial charge < -0.3 is 14.3 Å². The van der Waals surface area contributed by atoms with Gasteiger partial charge in [0.25, 0.3) is 0 Å². The number of hydrogen-bond acceptors (Lipinski definition) is 2. The molecule has 1 unspecified atom stereocenters. The molecule has 0 aromatic heterocycles. The van der Waals surface area contributed by atoms with Crippen LogP contribution < -0.4 is 0 Å². The molecule has 1 atom stereocenters. The van der Waals surface area contributed by atoms with Crippen molar-refractivity contribution in [3.05, 3.63) is 12.2 Å². The minimum absolute atomic E-state index is 0.576. The van der Waals surface area contributed by atoms with E-state index < -0.39 is 6.29 Å². The Hall–Kier alpha value is -0.380. The van der Waals surface area contributed by atoms with E-state index in [1.54, 1.807) is 6.92 Å². The second-order valence-corrected chi connectivity index (χ2v) is 4.05. The largest absolute Gasteiger partial charge is 0.364 e. The van der Waals surface area contributed by atoms with Gasteiger partial charge in [0.2, 0.25) is 0 Å². The summed E-state index contributed by atoms with van der Waals surface area (Å²) in [5.74, 6) is 0. The lowest BCUT2D eigenvalue weighted by Gasteiger charge is -2.32. The summed E-state index contributed by atoms with van der Waals surface area (Å²) < 4.78 is 6.22. The SMILES string of the molecule is C=C(C)C(O)OCC[N+](C)(CC)CC. The number of ether oxygens (including phenoxy) is 1. The molecule has 0 saturated carbocycles. The van der Waals surface area contributed by atoms with Crippen molar-refractivity contribution in [2.45, 2.75) is 27.1 Å². The molecule has 0 aliphatic rings. The highest BCUT2D eigenvalue weighted by molar-refractivity contribution is 4.91. The second kappa shape index (κ2) is 6.17. The molecule has 0 heterocycles. The molecular formula is C11H24NO2+. The summed E-state index contributed by atoms with van der Waals surface area (Å²) in [5, 5.41) is 9.34. The number of likely N-dealkylation sites (N-methyl/N-ethyl adjacent to an activating group) is 1. The van der Waals surface area contributed by atoms with Gasteiger partial charge >= 0.3 is 0 Å². The lowest BCUT2D eigenvalue weighted by atomic mass is 10.3. The number of rotatable bonds is 7. The minimum atomic E-state index is -0.808. The molecule has 0 rings (SSSR count). The van der Waals surface area contributed by atoms with Crippen LogP contribution in [0.25, 0.3) is 0 Å². The number of hydrogen-bond donors (Lipinski definition) is 1. The number of quaternary nitrogens is 1. The summed E-state index contributed by atoms with van der Waals surface area (Å²) in [5.41, 5.74) is 0.659. The Bertz CT molecular complexity index is 176. The summed E-state index contributed by atoms with van der Waals surface area (Å²) in [7, 11) is 2.19. The topological polar surface area (TPSA) is 29.5 Å². The van der Waals surface area contributed by atoms with Gasteiger partial charge in [0.05, 0.1) is 26.7 Å². The van der Waals surface area contributed by atoms with Crippen LogP contribution in [0.5, 0.6) is 0 Å². The van der Waals surface area contributed by atoms with Gasteiger partial charge in [-0.1, -0.05) is 6.58 Å². The van der Waals surface area contributed by atoms with Gasteiger partial charge in [-0.25, -0.2) is 0 Å². The molecule has 1 N–H and O–H groups in total. The van der Waals surface area contributed by atoms with Crippen molar-refractivity contribution in [2.24, 2.45) is 0 Å². The normalized spacial score (nSPS) is 14.1. The van der Waals surface area contributed by atoms with Gasteiger partial charge in [-0.15, -0.1) is 0 Å². The van der Waals surface area contributed by atoms with Crippen molar-refractivity contribution in [1.82, 2.24) is 0 Å². The van der Waals surface area contributed by atoms with E-state index in [-0.39, 0.29) is 0 Å². The molecule has 0 aromatic carbocycles. The maximum Gasteiger partial charge on any atom is 0.176 e. The van der Waals surface area contributed by atoms with E-state index >= 15 is 0 Å². The molecule has 0 fully saturated rings. The van der Waals surface area contributed by atoms with Gasteiger partial charge in [0, 0.05) is 0 Å². The predicted octanol–water partition coefficient (Wildman–Crippen LogP) is 1.38. The first-order chi connectivity index (χ1) is 6.45. The summed E-state index contributed by atoms with van der Waals surface area (Å²) in [6, 6.07) is 0. The number of aliphatic hydroxyl groups excluding tert-OH is 1. The fourth-order valence-corrected chi connectivity index (χ4v) is 1.07. The zero-order chi connectivity index (χ0) is 11.2. The van der Waals surface area contributed by atoms with Crippen LogP contribution in [0.1, 0.15) is 20.8 Å². The maximum atomic E-state index is 9.34. The molecule has 0 amide bonds. The molecule has 0 aliphatic heterocycles. The van der Waals surface area contributed by atoms with Crippen LogP contribution >= 0.6 is 0 Å². The number of aliphatic hydroxyl groups is 1. The predicted molar refractivity (Wildman–Crippen MR) is 58.9 cm³/mol. The first kappa shape index (κ1) is 13.6. The van der Waals surface area contributed by atoms with Crippen molar-refractivity contribution in [2.75, 3.05) is 33.3 Å². The first-order valence-corrected chi connectivity index (χ1v) is 5.23. The molecule has 84 valence electrons. The molecule has 0 aromatic rings. The highest BCUT2D eigenvalue weighted by atomic mass is 16.6. The Kier molecular flexibility index (Phi) is 6.00. The van der Waals surface area contributed by atoms with Crippen molar-refractivity contribution < 1.29 is 14.3 Å². The van der Waals surface area contributed by atoms with Crippen molar-refractivity contribution >= 4 is 0 Å². The van der Waals surface area contributed by atoms with Crippen molar-refractivity contribution in [1.29, 1.82) is 0 Å². The van der Waals surface area contributed by atoms with E-state index in [9.17, 15) is 5.11 Å². The van der Waals surface area contributed by atoms with E-state index in [2.05, 4.69) is 27.5 Å². The zero-order valence-corrected chi connectivity index (χ0v) is 9.92. The molecule has 0 saturated heterocycles. The number of nitrogens with zero attached hydrogens (tertiary/aromatic N) is 1. The van der Waals surface area contributed by atoms with E-state index in [0.29, 0.717) is 12.2 Å². The van der Waals surface area contributed by atoms with Gasteiger partial charge in [-0.2, -0.15) is 0 Å². The third-order valence-electron chi connectivity index (χ3n) is 2.86. The fourth-order valence-electron chi connectivity index (χ4n) is 1.07. The summed E-state index contributed by atoms with van der Waals surface area (Å²) >= 11 is 0. The maximum absolute atomic E-state index is 9.34. The average Bonchev–Trinajstić information content (AvgIpc) is 2.17. The Morgan fingerprint density at radius 3 is 2.29 bits per heavy atom. The Labute approximate surface area is 87.6 Å². The molecule has 0 radical (unpaired) electrons. The quantitative estimate of drug-likeness (QED) is 0.384. The van der Waals surface area contributed by atoms with Crippen LogP contribution in [0, 0.1) is 0 Å². The standard InChI is InChI=1S/C11H24NO2/c1-6-12(5,7-2)8-9-14-11(13)10(3)4/h11,13H,3,6-9H2,1-2,4-5H3/q+1. The molecule has 0 spiro atoms. The van der Waals surface area contributed by atoms with Gasteiger partial charge in [0.1, 0.15) is 6.54 Å². The van der Waals surface area contributed by atoms with Crippen LogP contribution in [-0.4, -0.2) is 49.2 Å². The van der Waals surface area contributed by atoms with Gasteiger partial charge in [-0.05, 0) is 26.3 Å². The van der Waals surface area contributed by atoms with Crippen LogP contribution in [0.4, 0.5) is 0 Å². The third-order valence-corrected chi connectivity index (χ3v) is 2.86.